The molecule has 1 aromatic rings. The Morgan fingerprint density at radius 3 is 2.45 bits per heavy atom. The highest BCUT2D eigenvalue weighted by atomic mass is 19.1. The van der Waals surface area contributed by atoms with E-state index in [0.29, 0.717) is 0 Å². The number of hydrogen-bond donors (Lipinski definition) is 1. The number of nitrogens with one attached hydrogen (secondary N) is 1. The minimum absolute atomic E-state index is 0.0757. The van der Waals surface area contributed by atoms with Crippen LogP contribution >= 0.6 is 0 Å². The van der Waals surface area contributed by atoms with Gasteiger partial charge in [0.1, 0.15) is 5.82 Å². The Morgan fingerprint density at radius 2 is 1.90 bits per heavy atom. The van der Waals surface area contributed by atoms with Crippen molar-refractivity contribution in [1.82, 2.24) is 10.2 Å². The molecule has 2 nitrogen and oxygen atoms in total. The van der Waals surface area contributed by atoms with Crippen LogP contribution in [0.2, 0.25) is 0 Å². The number of rotatable bonds is 5. The molecule has 0 amide bonds. The van der Waals surface area contributed by atoms with E-state index in [4.69, 9.17) is 0 Å². The first-order valence-electron chi connectivity index (χ1n) is 7.76. The van der Waals surface area contributed by atoms with Crippen molar-refractivity contribution < 1.29 is 4.39 Å². The predicted octanol–water partition coefficient (Wildman–Crippen LogP) is 3.45. The number of piperidine rings is 1. The Kier molecular flexibility index (Phi) is 5.55. The lowest BCUT2D eigenvalue weighted by atomic mass is 9.86. The van der Waals surface area contributed by atoms with E-state index in [2.05, 4.69) is 24.1 Å². The summed E-state index contributed by atoms with van der Waals surface area (Å²) in [4.78, 5) is 2.46. The summed E-state index contributed by atoms with van der Waals surface area (Å²) in [5.41, 5.74) is 0.779. The van der Waals surface area contributed by atoms with Crippen LogP contribution < -0.4 is 5.32 Å². The molecular weight excluding hydrogens is 251 g/mol. The Labute approximate surface area is 122 Å². The Hall–Kier alpha value is -0.930. The quantitative estimate of drug-likeness (QED) is 0.887. The van der Waals surface area contributed by atoms with Crippen LogP contribution in [0.3, 0.4) is 0 Å². The van der Waals surface area contributed by atoms with Gasteiger partial charge in [0, 0.05) is 18.2 Å². The summed E-state index contributed by atoms with van der Waals surface area (Å²) < 4.78 is 13.9. The van der Waals surface area contributed by atoms with Gasteiger partial charge in [-0.3, -0.25) is 0 Å². The first-order chi connectivity index (χ1) is 9.61. The van der Waals surface area contributed by atoms with Crippen molar-refractivity contribution in [2.24, 2.45) is 11.8 Å². The number of nitrogens with zero attached hydrogens (tertiary/aromatic N) is 1. The van der Waals surface area contributed by atoms with Crippen molar-refractivity contribution in [3.05, 3.63) is 35.6 Å². The molecule has 0 saturated carbocycles. The fourth-order valence-corrected chi connectivity index (χ4v) is 3.16. The molecule has 1 saturated heterocycles. The van der Waals surface area contributed by atoms with Gasteiger partial charge < -0.3 is 10.2 Å². The highest BCUT2D eigenvalue weighted by Gasteiger charge is 2.24. The van der Waals surface area contributed by atoms with Crippen LogP contribution in [-0.4, -0.2) is 31.6 Å². The molecule has 1 aliphatic heterocycles. The van der Waals surface area contributed by atoms with Crippen LogP contribution in [0.4, 0.5) is 4.39 Å². The van der Waals surface area contributed by atoms with Gasteiger partial charge in [0.15, 0.2) is 0 Å². The topological polar surface area (TPSA) is 15.3 Å². The largest absolute Gasteiger partial charge is 0.312 e. The van der Waals surface area contributed by atoms with Crippen molar-refractivity contribution in [3.8, 4) is 0 Å². The third kappa shape index (κ3) is 3.80. The van der Waals surface area contributed by atoms with Gasteiger partial charge >= 0.3 is 0 Å². The summed E-state index contributed by atoms with van der Waals surface area (Å²) in [6.07, 6.45) is 2.54. The molecule has 1 aliphatic rings. The molecule has 1 aromatic carbocycles. The summed E-state index contributed by atoms with van der Waals surface area (Å²) >= 11 is 0. The zero-order chi connectivity index (χ0) is 14.5. The zero-order valence-corrected chi connectivity index (χ0v) is 12.9. The second-order valence-electron chi connectivity index (χ2n) is 6.24. The SMILES string of the molecule is CNC(CN1CCC(C(C)C)CC1)c1ccccc1F. The number of likely N-dealkylation sites (N-methyl/N-ethyl adjacent to an activating group) is 1. The number of halogens is 1. The summed E-state index contributed by atoms with van der Waals surface area (Å²) in [5, 5.41) is 3.26. The van der Waals surface area contributed by atoms with Crippen LogP contribution in [0, 0.1) is 17.7 Å². The first-order valence-corrected chi connectivity index (χ1v) is 7.76. The molecule has 0 radical (unpaired) electrons. The maximum atomic E-state index is 13.9. The lowest BCUT2D eigenvalue weighted by Crippen LogP contribution is -2.40. The molecule has 1 N–H and O–H groups in total. The lowest BCUT2D eigenvalue weighted by molar-refractivity contribution is 0.146. The summed E-state index contributed by atoms with van der Waals surface area (Å²) in [6, 6.07) is 7.17. The second kappa shape index (κ2) is 7.19. The monoisotopic (exact) mass is 278 g/mol. The van der Waals surface area contributed by atoms with E-state index < -0.39 is 0 Å². The normalized spacial score (nSPS) is 19.4. The van der Waals surface area contributed by atoms with E-state index >= 15 is 0 Å². The van der Waals surface area contributed by atoms with Crippen LogP contribution in [0.25, 0.3) is 0 Å². The van der Waals surface area contributed by atoms with Gasteiger partial charge in [0.05, 0.1) is 0 Å². The van der Waals surface area contributed by atoms with Crippen LogP contribution in [0.5, 0.6) is 0 Å². The third-order valence-electron chi connectivity index (χ3n) is 4.64. The van der Waals surface area contributed by atoms with Gasteiger partial charge in [0.25, 0.3) is 0 Å². The van der Waals surface area contributed by atoms with Gasteiger partial charge in [-0.2, -0.15) is 0 Å². The fourth-order valence-electron chi connectivity index (χ4n) is 3.16. The first kappa shape index (κ1) is 15.5. The highest BCUT2D eigenvalue weighted by Crippen LogP contribution is 2.26. The molecule has 2 rings (SSSR count). The van der Waals surface area contributed by atoms with Crippen molar-refractivity contribution in [1.29, 1.82) is 0 Å². The molecule has 0 aliphatic carbocycles. The maximum Gasteiger partial charge on any atom is 0.128 e. The third-order valence-corrected chi connectivity index (χ3v) is 4.64. The van der Waals surface area contributed by atoms with Crippen molar-refractivity contribution >= 4 is 0 Å². The molecule has 0 bridgehead atoms. The predicted molar refractivity (Wildman–Crippen MR) is 82.2 cm³/mol. The van der Waals surface area contributed by atoms with E-state index in [1.54, 1.807) is 12.1 Å². The zero-order valence-electron chi connectivity index (χ0n) is 12.9. The minimum atomic E-state index is -0.107. The Morgan fingerprint density at radius 1 is 1.25 bits per heavy atom. The van der Waals surface area contributed by atoms with Crippen molar-refractivity contribution in [2.75, 3.05) is 26.7 Å². The van der Waals surface area contributed by atoms with E-state index in [1.807, 2.05) is 19.2 Å². The van der Waals surface area contributed by atoms with Gasteiger partial charge in [-0.05, 0) is 50.9 Å². The molecular formula is C17H27FN2. The van der Waals surface area contributed by atoms with Gasteiger partial charge in [-0.25, -0.2) is 4.39 Å². The average Bonchev–Trinajstić information content (AvgIpc) is 2.46. The molecule has 0 spiro atoms. The Balaban J connectivity index is 1.93. The maximum absolute atomic E-state index is 13.9. The summed E-state index contributed by atoms with van der Waals surface area (Å²) in [6.45, 7) is 7.79. The van der Waals surface area contributed by atoms with Gasteiger partial charge in [-0.15, -0.1) is 0 Å². The molecule has 112 valence electrons. The van der Waals surface area contributed by atoms with Gasteiger partial charge in [0.2, 0.25) is 0 Å². The number of benzene rings is 1. The molecule has 20 heavy (non-hydrogen) atoms. The van der Waals surface area contributed by atoms with E-state index in [9.17, 15) is 4.39 Å². The molecule has 1 unspecified atom stereocenters. The lowest BCUT2D eigenvalue weighted by Gasteiger charge is -2.35. The van der Waals surface area contributed by atoms with E-state index in [1.165, 1.54) is 12.8 Å². The molecule has 1 atom stereocenters. The standard InChI is InChI=1S/C17H27FN2/c1-13(2)14-8-10-20(11-9-14)12-17(19-3)15-6-4-5-7-16(15)18/h4-7,13-14,17,19H,8-12H2,1-3H3. The molecule has 1 heterocycles. The fraction of sp³-hybridized carbons (Fsp3) is 0.647. The van der Waals surface area contributed by atoms with Crippen LogP contribution in [0.15, 0.2) is 24.3 Å². The van der Waals surface area contributed by atoms with E-state index in [0.717, 1.165) is 37.0 Å². The van der Waals surface area contributed by atoms with E-state index in [-0.39, 0.29) is 11.9 Å². The van der Waals surface area contributed by atoms with Crippen LogP contribution in [0.1, 0.15) is 38.3 Å². The molecule has 3 heteroatoms. The number of hydrogen-bond acceptors (Lipinski definition) is 2. The Bertz CT molecular complexity index is 411. The van der Waals surface area contributed by atoms with Gasteiger partial charge in [-0.1, -0.05) is 32.0 Å². The van der Waals surface area contributed by atoms with Crippen LogP contribution in [-0.2, 0) is 0 Å². The number of likely N-dealkylation sites (tertiary alicyclic amines) is 1. The smallest absolute Gasteiger partial charge is 0.128 e. The summed E-state index contributed by atoms with van der Waals surface area (Å²) in [7, 11) is 1.91. The van der Waals surface area contributed by atoms with Crippen molar-refractivity contribution in [3.63, 3.8) is 0 Å². The second-order valence-corrected chi connectivity index (χ2v) is 6.24. The minimum Gasteiger partial charge on any atom is -0.312 e. The molecule has 0 aromatic heterocycles. The molecule has 1 fully saturated rings. The average molecular weight is 278 g/mol. The summed E-state index contributed by atoms with van der Waals surface area (Å²) in [5.74, 6) is 1.53. The highest BCUT2D eigenvalue weighted by molar-refractivity contribution is 5.21. The van der Waals surface area contributed by atoms with Crippen molar-refractivity contribution in [2.45, 2.75) is 32.7 Å².